The maximum Gasteiger partial charge on any atom is 0.407 e. The van der Waals surface area contributed by atoms with E-state index in [1.807, 2.05) is 20.8 Å². The molecule has 0 aliphatic heterocycles. The SMILES string of the molecule is CC(C)CC(C)NC1CCCC(NC(=O)OC(C)(C)C)C1. The summed E-state index contributed by atoms with van der Waals surface area (Å²) in [6, 6.07) is 1.28. The summed E-state index contributed by atoms with van der Waals surface area (Å²) in [7, 11) is 0. The van der Waals surface area contributed by atoms with E-state index in [0.29, 0.717) is 18.0 Å². The van der Waals surface area contributed by atoms with E-state index in [-0.39, 0.29) is 12.1 Å². The van der Waals surface area contributed by atoms with Crippen molar-refractivity contribution in [3.05, 3.63) is 0 Å². The van der Waals surface area contributed by atoms with Gasteiger partial charge in [0, 0.05) is 18.1 Å². The van der Waals surface area contributed by atoms with E-state index in [0.717, 1.165) is 19.3 Å². The van der Waals surface area contributed by atoms with Gasteiger partial charge in [0.25, 0.3) is 0 Å². The number of alkyl carbamates (subject to hydrolysis) is 1. The standard InChI is InChI=1S/C17H34N2O2/c1-12(2)10-13(3)18-14-8-7-9-15(11-14)19-16(20)21-17(4,5)6/h12-15,18H,7-11H2,1-6H3,(H,19,20). The van der Waals surface area contributed by atoms with Crippen LogP contribution in [0.1, 0.15) is 73.6 Å². The summed E-state index contributed by atoms with van der Waals surface area (Å²) in [5, 5.41) is 6.73. The first kappa shape index (κ1) is 18.3. The fourth-order valence-corrected chi connectivity index (χ4v) is 3.12. The number of carbonyl (C=O) groups is 1. The van der Waals surface area contributed by atoms with Crippen molar-refractivity contribution in [2.75, 3.05) is 0 Å². The Morgan fingerprint density at radius 2 is 1.81 bits per heavy atom. The summed E-state index contributed by atoms with van der Waals surface area (Å²) < 4.78 is 5.34. The van der Waals surface area contributed by atoms with Crippen LogP contribution in [0.3, 0.4) is 0 Å². The third-order valence-corrected chi connectivity index (χ3v) is 3.74. The van der Waals surface area contributed by atoms with Crippen LogP contribution in [-0.4, -0.2) is 29.8 Å². The van der Waals surface area contributed by atoms with E-state index in [1.165, 1.54) is 12.8 Å². The Balaban J connectivity index is 2.36. The van der Waals surface area contributed by atoms with E-state index in [4.69, 9.17) is 4.74 Å². The molecule has 1 saturated carbocycles. The van der Waals surface area contributed by atoms with Crippen molar-refractivity contribution in [1.29, 1.82) is 0 Å². The van der Waals surface area contributed by atoms with Crippen LogP contribution < -0.4 is 10.6 Å². The molecule has 0 bridgehead atoms. The molecule has 1 aliphatic rings. The number of ether oxygens (including phenoxy) is 1. The van der Waals surface area contributed by atoms with Crippen LogP contribution in [0.15, 0.2) is 0 Å². The maximum absolute atomic E-state index is 11.8. The second-order valence-corrected chi connectivity index (χ2v) is 7.90. The molecular formula is C17H34N2O2. The molecule has 0 heterocycles. The molecular weight excluding hydrogens is 264 g/mol. The second kappa shape index (κ2) is 8.02. The van der Waals surface area contributed by atoms with Crippen LogP contribution in [0.5, 0.6) is 0 Å². The van der Waals surface area contributed by atoms with Gasteiger partial charge in [0.15, 0.2) is 0 Å². The first-order chi connectivity index (χ1) is 9.65. The van der Waals surface area contributed by atoms with Gasteiger partial charge in [-0.1, -0.05) is 13.8 Å². The first-order valence-electron chi connectivity index (χ1n) is 8.41. The molecule has 0 aromatic carbocycles. The molecule has 21 heavy (non-hydrogen) atoms. The minimum Gasteiger partial charge on any atom is -0.444 e. The highest BCUT2D eigenvalue weighted by Gasteiger charge is 2.26. The van der Waals surface area contributed by atoms with Crippen molar-refractivity contribution < 1.29 is 9.53 Å². The molecule has 1 fully saturated rings. The molecule has 1 rings (SSSR count). The van der Waals surface area contributed by atoms with E-state index in [9.17, 15) is 4.79 Å². The molecule has 4 heteroatoms. The molecule has 3 unspecified atom stereocenters. The average molecular weight is 298 g/mol. The molecule has 0 radical (unpaired) electrons. The van der Waals surface area contributed by atoms with Crippen molar-refractivity contribution in [2.24, 2.45) is 5.92 Å². The number of hydrogen-bond acceptors (Lipinski definition) is 3. The normalized spacial score (nSPS) is 24.7. The topological polar surface area (TPSA) is 50.4 Å². The Hall–Kier alpha value is -0.770. The number of amides is 1. The predicted molar refractivity (Wildman–Crippen MR) is 87.5 cm³/mol. The van der Waals surface area contributed by atoms with Gasteiger partial charge in [-0.05, 0) is 65.7 Å². The van der Waals surface area contributed by atoms with Crippen LogP contribution in [0.25, 0.3) is 0 Å². The average Bonchev–Trinajstić information content (AvgIpc) is 2.24. The van der Waals surface area contributed by atoms with Gasteiger partial charge in [-0.15, -0.1) is 0 Å². The summed E-state index contributed by atoms with van der Waals surface area (Å²) >= 11 is 0. The van der Waals surface area contributed by atoms with E-state index in [2.05, 4.69) is 31.4 Å². The Bertz CT molecular complexity index is 323. The molecule has 4 nitrogen and oxygen atoms in total. The third-order valence-electron chi connectivity index (χ3n) is 3.74. The van der Waals surface area contributed by atoms with Crippen molar-refractivity contribution in [3.63, 3.8) is 0 Å². The van der Waals surface area contributed by atoms with Crippen LogP contribution in [0, 0.1) is 5.92 Å². The molecule has 0 aromatic heterocycles. The van der Waals surface area contributed by atoms with Gasteiger partial charge >= 0.3 is 6.09 Å². The van der Waals surface area contributed by atoms with Gasteiger partial charge in [0.2, 0.25) is 0 Å². The summed E-state index contributed by atoms with van der Waals surface area (Å²) in [4.78, 5) is 11.8. The van der Waals surface area contributed by atoms with Crippen LogP contribution in [0.4, 0.5) is 4.79 Å². The Morgan fingerprint density at radius 3 is 2.38 bits per heavy atom. The van der Waals surface area contributed by atoms with Gasteiger partial charge in [0.1, 0.15) is 5.60 Å². The third kappa shape index (κ3) is 8.30. The number of rotatable bonds is 5. The highest BCUT2D eigenvalue weighted by Crippen LogP contribution is 2.20. The minimum atomic E-state index is -0.428. The van der Waals surface area contributed by atoms with Crippen LogP contribution >= 0.6 is 0 Å². The lowest BCUT2D eigenvalue weighted by molar-refractivity contribution is 0.0488. The number of carbonyl (C=O) groups excluding carboxylic acids is 1. The molecule has 1 aliphatic carbocycles. The van der Waals surface area contributed by atoms with Gasteiger partial charge in [-0.2, -0.15) is 0 Å². The molecule has 0 saturated heterocycles. The highest BCUT2D eigenvalue weighted by atomic mass is 16.6. The smallest absolute Gasteiger partial charge is 0.407 e. The zero-order chi connectivity index (χ0) is 16.0. The van der Waals surface area contributed by atoms with E-state index in [1.54, 1.807) is 0 Å². The lowest BCUT2D eigenvalue weighted by Crippen LogP contribution is -2.47. The molecule has 1 amide bonds. The summed E-state index contributed by atoms with van der Waals surface area (Å²) in [5.74, 6) is 0.715. The fraction of sp³-hybridized carbons (Fsp3) is 0.941. The Labute approximate surface area is 130 Å². The van der Waals surface area contributed by atoms with Gasteiger partial charge < -0.3 is 15.4 Å². The molecule has 2 N–H and O–H groups in total. The van der Waals surface area contributed by atoms with Crippen LogP contribution in [0.2, 0.25) is 0 Å². The summed E-state index contributed by atoms with van der Waals surface area (Å²) in [5.41, 5.74) is -0.428. The fourth-order valence-electron chi connectivity index (χ4n) is 3.12. The monoisotopic (exact) mass is 298 g/mol. The van der Waals surface area contributed by atoms with Gasteiger partial charge in [-0.25, -0.2) is 4.79 Å². The molecule has 0 aromatic rings. The lowest BCUT2D eigenvalue weighted by Gasteiger charge is -2.33. The molecule has 0 spiro atoms. The first-order valence-corrected chi connectivity index (χ1v) is 8.41. The van der Waals surface area contributed by atoms with Crippen molar-refractivity contribution >= 4 is 6.09 Å². The van der Waals surface area contributed by atoms with E-state index >= 15 is 0 Å². The zero-order valence-electron chi connectivity index (χ0n) is 14.7. The van der Waals surface area contributed by atoms with E-state index < -0.39 is 5.60 Å². The minimum absolute atomic E-state index is 0.234. The quantitative estimate of drug-likeness (QED) is 0.810. The summed E-state index contributed by atoms with van der Waals surface area (Å²) in [6.07, 6.45) is 5.32. The largest absolute Gasteiger partial charge is 0.444 e. The Morgan fingerprint density at radius 1 is 1.19 bits per heavy atom. The predicted octanol–water partition coefficient (Wildman–Crippen LogP) is 3.85. The van der Waals surface area contributed by atoms with Crippen molar-refractivity contribution in [1.82, 2.24) is 10.6 Å². The zero-order valence-corrected chi connectivity index (χ0v) is 14.7. The maximum atomic E-state index is 11.8. The number of nitrogens with one attached hydrogen (secondary N) is 2. The molecule has 3 atom stereocenters. The Kier molecular flexibility index (Phi) is 6.98. The van der Waals surface area contributed by atoms with Crippen molar-refractivity contribution in [2.45, 2.75) is 97.4 Å². The van der Waals surface area contributed by atoms with Crippen molar-refractivity contribution in [3.8, 4) is 0 Å². The summed E-state index contributed by atoms with van der Waals surface area (Å²) in [6.45, 7) is 12.4. The second-order valence-electron chi connectivity index (χ2n) is 7.90. The highest BCUT2D eigenvalue weighted by molar-refractivity contribution is 5.68. The van der Waals surface area contributed by atoms with Crippen LogP contribution in [-0.2, 0) is 4.74 Å². The van der Waals surface area contributed by atoms with Gasteiger partial charge in [-0.3, -0.25) is 0 Å². The molecule has 124 valence electrons. The van der Waals surface area contributed by atoms with Gasteiger partial charge in [0.05, 0.1) is 0 Å². The lowest BCUT2D eigenvalue weighted by atomic mass is 9.90. The number of hydrogen-bond donors (Lipinski definition) is 2.